The second-order valence-corrected chi connectivity index (χ2v) is 5.61. The zero-order chi connectivity index (χ0) is 13.4. The number of rotatable bonds is 3. The molecule has 2 N–H and O–H groups in total. The average molecular weight is 254 g/mol. The van der Waals surface area contributed by atoms with Crippen LogP contribution in [0.1, 0.15) is 46.0 Å². The summed E-state index contributed by atoms with van der Waals surface area (Å²) in [7, 11) is 0. The minimum absolute atomic E-state index is 0.0400. The van der Waals surface area contributed by atoms with Crippen molar-refractivity contribution in [3.63, 3.8) is 0 Å². The predicted octanol–water partition coefficient (Wildman–Crippen LogP) is 0.984. The van der Waals surface area contributed by atoms with E-state index in [1.807, 2.05) is 13.8 Å². The van der Waals surface area contributed by atoms with Gasteiger partial charge in [-0.25, -0.2) is 4.79 Å². The van der Waals surface area contributed by atoms with Crippen LogP contribution in [0.4, 0.5) is 0 Å². The summed E-state index contributed by atoms with van der Waals surface area (Å²) in [5.41, 5.74) is -1.55. The van der Waals surface area contributed by atoms with Gasteiger partial charge in [-0.05, 0) is 45.6 Å². The Morgan fingerprint density at radius 2 is 2.06 bits per heavy atom. The molecule has 102 valence electrons. The monoisotopic (exact) mass is 254 g/mol. The third-order valence-electron chi connectivity index (χ3n) is 4.56. The quantitative estimate of drug-likeness (QED) is 0.788. The lowest BCUT2D eigenvalue weighted by molar-refractivity contribution is -0.159. The van der Waals surface area contributed by atoms with Crippen molar-refractivity contribution in [1.29, 1.82) is 0 Å². The van der Waals surface area contributed by atoms with Crippen LogP contribution in [0.3, 0.4) is 0 Å². The molecule has 2 saturated heterocycles. The fourth-order valence-corrected chi connectivity index (χ4v) is 3.29. The van der Waals surface area contributed by atoms with Crippen molar-refractivity contribution >= 4 is 11.9 Å². The van der Waals surface area contributed by atoms with Crippen molar-refractivity contribution in [3.8, 4) is 0 Å². The lowest BCUT2D eigenvalue weighted by atomic mass is 9.90. The van der Waals surface area contributed by atoms with Gasteiger partial charge in [0.1, 0.15) is 5.54 Å². The van der Waals surface area contributed by atoms with Crippen molar-refractivity contribution in [1.82, 2.24) is 10.2 Å². The maximum Gasteiger partial charge on any atom is 0.329 e. The molecule has 1 amide bonds. The summed E-state index contributed by atoms with van der Waals surface area (Å²) < 4.78 is 0. The van der Waals surface area contributed by atoms with Gasteiger partial charge in [0, 0.05) is 6.54 Å². The molecule has 2 atom stereocenters. The third kappa shape index (κ3) is 1.81. The molecule has 2 fully saturated rings. The van der Waals surface area contributed by atoms with Gasteiger partial charge in [0.15, 0.2) is 0 Å². The van der Waals surface area contributed by atoms with Gasteiger partial charge in [-0.15, -0.1) is 0 Å². The molecule has 0 aromatic heterocycles. The average Bonchev–Trinajstić information content (AvgIpc) is 2.95. The third-order valence-corrected chi connectivity index (χ3v) is 4.56. The molecule has 0 spiro atoms. The number of hydrogen-bond acceptors (Lipinski definition) is 3. The molecule has 0 radical (unpaired) electrons. The molecule has 0 aromatic carbocycles. The lowest BCUT2D eigenvalue weighted by Gasteiger charge is -2.38. The highest BCUT2D eigenvalue weighted by molar-refractivity contribution is 5.92. The zero-order valence-electron chi connectivity index (χ0n) is 11.2. The Kier molecular flexibility index (Phi) is 3.36. The van der Waals surface area contributed by atoms with Gasteiger partial charge < -0.3 is 15.3 Å². The van der Waals surface area contributed by atoms with Gasteiger partial charge in [0.05, 0.1) is 5.54 Å². The van der Waals surface area contributed by atoms with Crippen LogP contribution in [-0.4, -0.2) is 46.1 Å². The normalized spacial score (nSPS) is 36.0. The first-order valence-corrected chi connectivity index (χ1v) is 6.77. The molecule has 2 unspecified atom stereocenters. The Balaban J connectivity index is 2.26. The fourth-order valence-electron chi connectivity index (χ4n) is 3.29. The van der Waals surface area contributed by atoms with Gasteiger partial charge in [-0.2, -0.15) is 0 Å². The SMILES string of the molecule is CCC1(C(=O)O)CCCN1C(=O)C1(C)CCCN1. The molecule has 0 saturated carbocycles. The van der Waals surface area contributed by atoms with Crippen LogP contribution in [0.2, 0.25) is 0 Å². The minimum atomic E-state index is -0.982. The smallest absolute Gasteiger partial charge is 0.329 e. The Morgan fingerprint density at radius 3 is 2.56 bits per heavy atom. The van der Waals surface area contributed by atoms with Crippen molar-refractivity contribution in [3.05, 3.63) is 0 Å². The van der Waals surface area contributed by atoms with E-state index in [1.54, 1.807) is 4.90 Å². The Bertz CT molecular complexity index is 363. The standard InChI is InChI=1S/C13H22N2O3/c1-3-13(11(17)18)7-5-9-15(13)10(16)12(2)6-4-8-14-12/h14H,3-9H2,1-2H3,(H,17,18). The number of aliphatic carboxylic acids is 1. The van der Waals surface area contributed by atoms with E-state index < -0.39 is 17.0 Å². The highest BCUT2D eigenvalue weighted by Crippen LogP contribution is 2.36. The first kappa shape index (κ1) is 13.3. The maximum absolute atomic E-state index is 12.6. The zero-order valence-corrected chi connectivity index (χ0v) is 11.2. The van der Waals surface area contributed by atoms with Crippen LogP contribution in [0.25, 0.3) is 0 Å². The second-order valence-electron chi connectivity index (χ2n) is 5.61. The molecule has 0 bridgehead atoms. The molecule has 18 heavy (non-hydrogen) atoms. The number of carbonyl (C=O) groups is 2. The number of amides is 1. The molecule has 0 aromatic rings. The number of hydrogen-bond donors (Lipinski definition) is 2. The molecular formula is C13H22N2O3. The van der Waals surface area contributed by atoms with Gasteiger partial charge in [0.2, 0.25) is 5.91 Å². The summed E-state index contributed by atoms with van der Waals surface area (Å²) in [5, 5.41) is 12.7. The van der Waals surface area contributed by atoms with Gasteiger partial charge in [-0.1, -0.05) is 6.92 Å². The molecule has 5 nitrogen and oxygen atoms in total. The highest BCUT2D eigenvalue weighted by atomic mass is 16.4. The summed E-state index contributed by atoms with van der Waals surface area (Å²) >= 11 is 0. The maximum atomic E-state index is 12.6. The van der Waals surface area contributed by atoms with E-state index in [0.29, 0.717) is 19.4 Å². The number of carbonyl (C=O) groups excluding carboxylic acids is 1. The van der Waals surface area contributed by atoms with E-state index in [0.717, 1.165) is 25.8 Å². The molecular weight excluding hydrogens is 232 g/mol. The van der Waals surface area contributed by atoms with E-state index in [-0.39, 0.29) is 5.91 Å². The first-order valence-electron chi connectivity index (χ1n) is 6.77. The molecule has 5 heteroatoms. The van der Waals surface area contributed by atoms with Crippen LogP contribution in [0.5, 0.6) is 0 Å². The Hall–Kier alpha value is -1.10. The molecule has 2 aliphatic heterocycles. The van der Waals surface area contributed by atoms with E-state index in [9.17, 15) is 14.7 Å². The van der Waals surface area contributed by atoms with Crippen LogP contribution in [0.15, 0.2) is 0 Å². The summed E-state index contributed by atoms with van der Waals surface area (Å²) in [5.74, 6) is -0.904. The van der Waals surface area contributed by atoms with E-state index in [2.05, 4.69) is 5.32 Å². The van der Waals surface area contributed by atoms with Crippen molar-refractivity contribution in [2.24, 2.45) is 0 Å². The number of carboxylic acids is 1. The van der Waals surface area contributed by atoms with Crippen molar-refractivity contribution in [2.45, 2.75) is 57.0 Å². The number of carboxylic acid groups (broad SMARTS) is 1. The summed E-state index contributed by atoms with van der Waals surface area (Å²) in [4.78, 5) is 25.8. The molecule has 2 heterocycles. The summed E-state index contributed by atoms with van der Waals surface area (Å²) in [6.07, 6.45) is 3.59. The second kappa shape index (κ2) is 4.53. The molecule has 2 rings (SSSR count). The first-order chi connectivity index (χ1) is 8.46. The number of likely N-dealkylation sites (tertiary alicyclic amines) is 1. The number of nitrogens with one attached hydrogen (secondary N) is 1. The lowest BCUT2D eigenvalue weighted by Crippen LogP contribution is -2.60. The number of nitrogens with zero attached hydrogens (tertiary/aromatic N) is 1. The van der Waals surface area contributed by atoms with Crippen LogP contribution >= 0.6 is 0 Å². The van der Waals surface area contributed by atoms with Crippen molar-refractivity contribution in [2.75, 3.05) is 13.1 Å². The molecule has 0 aliphatic carbocycles. The molecule has 2 aliphatic rings. The van der Waals surface area contributed by atoms with Crippen LogP contribution < -0.4 is 5.32 Å². The van der Waals surface area contributed by atoms with Crippen LogP contribution in [-0.2, 0) is 9.59 Å². The fraction of sp³-hybridized carbons (Fsp3) is 0.846. The predicted molar refractivity (Wildman–Crippen MR) is 67.2 cm³/mol. The Morgan fingerprint density at radius 1 is 1.33 bits per heavy atom. The Labute approximate surface area is 108 Å². The summed E-state index contributed by atoms with van der Waals surface area (Å²) in [6.45, 7) is 5.14. The largest absolute Gasteiger partial charge is 0.479 e. The topological polar surface area (TPSA) is 69.6 Å². The van der Waals surface area contributed by atoms with Gasteiger partial charge >= 0.3 is 5.97 Å². The summed E-state index contributed by atoms with van der Waals surface area (Å²) in [6, 6.07) is 0. The van der Waals surface area contributed by atoms with Crippen LogP contribution in [0, 0.1) is 0 Å². The highest BCUT2D eigenvalue weighted by Gasteiger charge is 2.52. The van der Waals surface area contributed by atoms with Gasteiger partial charge in [0.25, 0.3) is 0 Å². The van der Waals surface area contributed by atoms with E-state index in [1.165, 1.54) is 0 Å². The minimum Gasteiger partial charge on any atom is -0.479 e. The van der Waals surface area contributed by atoms with E-state index in [4.69, 9.17) is 0 Å². The van der Waals surface area contributed by atoms with E-state index >= 15 is 0 Å². The van der Waals surface area contributed by atoms with Crippen molar-refractivity contribution < 1.29 is 14.7 Å². The van der Waals surface area contributed by atoms with Gasteiger partial charge in [-0.3, -0.25) is 4.79 Å².